The Balaban J connectivity index is 1.55. The standard InChI is InChI=1S/C18H24N2O4S/c1-25(22,23)20-13-18(15-4-2-3-5-16(15)20)7-9-19(10-8-18)17(21)14-6-11-24-12-14/h2-5,14H,6-13H2,1H3. The van der Waals surface area contributed by atoms with Crippen LogP contribution in [0.5, 0.6) is 0 Å². The molecule has 0 aliphatic carbocycles. The lowest BCUT2D eigenvalue weighted by atomic mass is 9.74. The maximum atomic E-state index is 12.6. The fourth-order valence-corrected chi connectivity index (χ4v) is 5.45. The number of rotatable bonds is 2. The van der Waals surface area contributed by atoms with Gasteiger partial charge in [0.15, 0.2) is 0 Å². The van der Waals surface area contributed by atoms with Gasteiger partial charge >= 0.3 is 0 Å². The lowest BCUT2D eigenvalue weighted by molar-refractivity contribution is -0.137. The third-order valence-corrected chi connectivity index (χ3v) is 7.03. The zero-order chi connectivity index (χ0) is 17.7. The molecule has 1 aromatic rings. The molecule has 1 unspecified atom stereocenters. The van der Waals surface area contributed by atoms with Gasteiger partial charge in [-0.25, -0.2) is 8.42 Å². The van der Waals surface area contributed by atoms with Gasteiger partial charge in [-0.15, -0.1) is 0 Å². The summed E-state index contributed by atoms with van der Waals surface area (Å²) in [5.41, 5.74) is 1.73. The van der Waals surface area contributed by atoms with Gasteiger partial charge in [-0.3, -0.25) is 9.10 Å². The normalized spacial score (nSPS) is 25.4. The van der Waals surface area contributed by atoms with E-state index in [1.165, 1.54) is 10.6 Å². The monoisotopic (exact) mass is 364 g/mol. The van der Waals surface area contributed by atoms with Crippen LogP contribution in [0.2, 0.25) is 0 Å². The topological polar surface area (TPSA) is 66.9 Å². The Labute approximate surface area is 148 Å². The largest absolute Gasteiger partial charge is 0.381 e. The zero-order valence-electron chi connectivity index (χ0n) is 14.5. The van der Waals surface area contributed by atoms with Crippen molar-refractivity contribution in [2.24, 2.45) is 5.92 Å². The van der Waals surface area contributed by atoms with E-state index >= 15 is 0 Å². The minimum atomic E-state index is -3.30. The summed E-state index contributed by atoms with van der Waals surface area (Å²) in [5.74, 6) is 0.191. The van der Waals surface area contributed by atoms with Crippen molar-refractivity contribution < 1.29 is 17.9 Å². The SMILES string of the molecule is CS(=O)(=O)N1CC2(CCN(C(=O)C3CCOC3)CC2)c2ccccc21. The Morgan fingerprint density at radius 3 is 2.60 bits per heavy atom. The molecule has 2 saturated heterocycles. The molecule has 136 valence electrons. The molecule has 2 fully saturated rings. The molecule has 4 rings (SSSR count). The molecule has 0 radical (unpaired) electrons. The van der Waals surface area contributed by atoms with Crippen molar-refractivity contribution in [2.75, 3.05) is 43.4 Å². The van der Waals surface area contributed by atoms with Crippen molar-refractivity contribution in [1.29, 1.82) is 0 Å². The summed E-state index contributed by atoms with van der Waals surface area (Å²) < 4.78 is 31.3. The Morgan fingerprint density at radius 2 is 1.96 bits per heavy atom. The second-order valence-electron chi connectivity index (χ2n) is 7.45. The number of hydrogen-bond acceptors (Lipinski definition) is 4. The van der Waals surface area contributed by atoms with E-state index in [0.717, 1.165) is 30.5 Å². The van der Waals surface area contributed by atoms with E-state index in [0.29, 0.717) is 32.8 Å². The molecule has 0 N–H and O–H groups in total. The minimum absolute atomic E-state index is 0.00238. The number of ether oxygens (including phenoxy) is 1. The third kappa shape index (κ3) is 2.83. The van der Waals surface area contributed by atoms with Gasteiger partial charge in [-0.2, -0.15) is 0 Å². The number of anilines is 1. The molecule has 3 aliphatic rings. The summed E-state index contributed by atoms with van der Waals surface area (Å²) in [4.78, 5) is 14.6. The van der Waals surface area contributed by atoms with Crippen LogP contribution >= 0.6 is 0 Å². The third-order valence-electron chi connectivity index (χ3n) is 5.90. The molecule has 3 aliphatic heterocycles. The quantitative estimate of drug-likeness (QED) is 0.795. The average molecular weight is 364 g/mol. The van der Waals surface area contributed by atoms with Crippen LogP contribution in [0.3, 0.4) is 0 Å². The maximum absolute atomic E-state index is 12.6. The molecule has 6 nitrogen and oxygen atoms in total. The second kappa shape index (κ2) is 5.99. The van der Waals surface area contributed by atoms with Crippen LogP contribution in [0.1, 0.15) is 24.8 Å². The molecule has 0 bridgehead atoms. The van der Waals surface area contributed by atoms with Gasteiger partial charge < -0.3 is 9.64 Å². The van der Waals surface area contributed by atoms with Gasteiger partial charge in [0.2, 0.25) is 15.9 Å². The minimum Gasteiger partial charge on any atom is -0.381 e. The predicted octanol–water partition coefficient (Wildman–Crippen LogP) is 1.36. The highest BCUT2D eigenvalue weighted by atomic mass is 32.2. The van der Waals surface area contributed by atoms with Crippen molar-refractivity contribution >= 4 is 21.6 Å². The number of fused-ring (bicyclic) bond motifs is 2. The van der Waals surface area contributed by atoms with Crippen LogP contribution in [0.15, 0.2) is 24.3 Å². The summed E-state index contributed by atoms with van der Waals surface area (Å²) in [6, 6.07) is 7.79. The van der Waals surface area contributed by atoms with Crippen molar-refractivity contribution in [3.8, 4) is 0 Å². The van der Waals surface area contributed by atoms with E-state index < -0.39 is 10.0 Å². The maximum Gasteiger partial charge on any atom is 0.232 e. The first-order chi connectivity index (χ1) is 11.9. The van der Waals surface area contributed by atoms with Crippen molar-refractivity contribution in [2.45, 2.75) is 24.7 Å². The number of para-hydroxylation sites is 1. The van der Waals surface area contributed by atoms with Crippen molar-refractivity contribution in [3.05, 3.63) is 29.8 Å². The summed E-state index contributed by atoms with van der Waals surface area (Å²) in [6.45, 7) is 3.05. The Kier molecular flexibility index (Phi) is 4.03. The molecule has 0 saturated carbocycles. The highest BCUT2D eigenvalue weighted by Gasteiger charge is 2.47. The summed E-state index contributed by atoms with van der Waals surface area (Å²) in [6.07, 6.45) is 3.68. The molecule has 1 atom stereocenters. The van der Waals surface area contributed by atoms with Crippen LogP contribution in [-0.4, -0.2) is 58.3 Å². The number of carbonyl (C=O) groups excluding carboxylic acids is 1. The van der Waals surface area contributed by atoms with Crippen molar-refractivity contribution in [3.63, 3.8) is 0 Å². The smallest absolute Gasteiger partial charge is 0.232 e. The number of amides is 1. The molecule has 3 heterocycles. The molecular weight excluding hydrogens is 340 g/mol. The number of nitrogens with zero attached hydrogens (tertiary/aromatic N) is 2. The highest BCUT2D eigenvalue weighted by Crippen LogP contribution is 2.47. The molecule has 1 aromatic carbocycles. The molecular formula is C18H24N2O4S. The van der Waals surface area contributed by atoms with E-state index in [9.17, 15) is 13.2 Å². The van der Waals surface area contributed by atoms with E-state index in [2.05, 4.69) is 0 Å². The number of piperidine rings is 1. The number of hydrogen-bond donors (Lipinski definition) is 0. The number of sulfonamides is 1. The lowest BCUT2D eigenvalue weighted by Crippen LogP contribution is -2.49. The number of benzene rings is 1. The predicted molar refractivity (Wildman–Crippen MR) is 95.0 cm³/mol. The zero-order valence-corrected chi connectivity index (χ0v) is 15.3. The summed E-state index contributed by atoms with van der Waals surface area (Å²) in [5, 5.41) is 0. The van der Waals surface area contributed by atoms with Crippen molar-refractivity contribution in [1.82, 2.24) is 4.90 Å². The van der Waals surface area contributed by atoms with E-state index in [4.69, 9.17) is 4.74 Å². The molecule has 1 amide bonds. The van der Waals surface area contributed by atoms with Crippen LogP contribution in [0.4, 0.5) is 5.69 Å². The Morgan fingerprint density at radius 1 is 1.24 bits per heavy atom. The molecule has 0 aromatic heterocycles. The highest BCUT2D eigenvalue weighted by molar-refractivity contribution is 7.92. The molecule has 1 spiro atoms. The number of likely N-dealkylation sites (tertiary alicyclic amines) is 1. The first kappa shape index (κ1) is 16.8. The summed E-state index contributed by atoms with van der Waals surface area (Å²) in [7, 11) is -3.30. The van der Waals surface area contributed by atoms with E-state index in [1.54, 1.807) is 0 Å². The van der Waals surface area contributed by atoms with Gasteiger partial charge in [-0.1, -0.05) is 18.2 Å². The van der Waals surface area contributed by atoms with Crippen LogP contribution in [0, 0.1) is 5.92 Å². The molecule has 25 heavy (non-hydrogen) atoms. The van der Waals surface area contributed by atoms with Crippen LogP contribution in [0.25, 0.3) is 0 Å². The first-order valence-electron chi connectivity index (χ1n) is 8.84. The average Bonchev–Trinajstić information content (AvgIpc) is 3.23. The first-order valence-corrected chi connectivity index (χ1v) is 10.7. The summed E-state index contributed by atoms with van der Waals surface area (Å²) >= 11 is 0. The van der Waals surface area contributed by atoms with Gasteiger partial charge in [-0.05, 0) is 30.9 Å². The number of carbonyl (C=O) groups is 1. The van der Waals surface area contributed by atoms with Gasteiger partial charge in [0.05, 0.1) is 24.5 Å². The van der Waals surface area contributed by atoms with Gasteiger partial charge in [0, 0.05) is 31.7 Å². The van der Waals surface area contributed by atoms with E-state index in [1.807, 2.05) is 29.2 Å². The fourth-order valence-electron chi connectivity index (χ4n) is 4.45. The Bertz CT molecular complexity index is 778. The van der Waals surface area contributed by atoms with Gasteiger partial charge in [0.25, 0.3) is 0 Å². The van der Waals surface area contributed by atoms with E-state index in [-0.39, 0.29) is 17.2 Å². The van der Waals surface area contributed by atoms with Gasteiger partial charge in [0.1, 0.15) is 0 Å². The van der Waals surface area contributed by atoms with Crippen LogP contribution < -0.4 is 4.31 Å². The van der Waals surface area contributed by atoms with Crippen LogP contribution in [-0.2, 0) is 25.0 Å². The second-order valence-corrected chi connectivity index (χ2v) is 9.36. The Hall–Kier alpha value is -1.60. The molecule has 7 heteroatoms. The lowest BCUT2D eigenvalue weighted by Gasteiger charge is -2.40. The fraction of sp³-hybridized carbons (Fsp3) is 0.611.